The summed E-state index contributed by atoms with van der Waals surface area (Å²) < 4.78 is 85.2. The highest BCUT2D eigenvalue weighted by atomic mass is 19.4. The van der Waals surface area contributed by atoms with Crippen LogP contribution in [0.25, 0.3) is 5.69 Å². The van der Waals surface area contributed by atoms with Crippen molar-refractivity contribution in [1.82, 2.24) is 9.78 Å². The molecule has 0 saturated carbocycles. The van der Waals surface area contributed by atoms with E-state index in [1.54, 1.807) is 15.6 Å². The SMILES string of the molecule is Cc1cc(C)c(-n2c[n+]3c(n2)CC[C@H]3C(O)(c2cccc(C(F)(F)F)c2)c2cccc(C(F)(F)F)c2)c(C)c1. The van der Waals surface area contributed by atoms with Crippen LogP contribution in [0, 0.1) is 20.8 Å². The van der Waals surface area contributed by atoms with Gasteiger partial charge in [-0.3, -0.25) is 0 Å². The van der Waals surface area contributed by atoms with Crippen LogP contribution in [0.4, 0.5) is 26.3 Å². The highest BCUT2D eigenvalue weighted by Crippen LogP contribution is 2.44. The van der Waals surface area contributed by atoms with Crippen LogP contribution in [0.5, 0.6) is 0 Å². The minimum Gasteiger partial charge on any atom is -0.377 e. The normalized spacial score (nSPS) is 16.0. The number of hydrogen-bond donors (Lipinski definition) is 1. The van der Waals surface area contributed by atoms with E-state index in [1.165, 1.54) is 12.1 Å². The molecule has 4 nitrogen and oxygen atoms in total. The lowest BCUT2D eigenvalue weighted by atomic mass is 9.78. The molecule has 0 fully saturated rings. The molecule has 0 radical (unpaired) electrons. The first kappa shape index (κ1) is 26.9. The average molecular weight is 547 g/mol. The third-order valence-corrected chi connectivity index (χ3v) is 7.34. The third kappa shape index (κ3) is 4.71. The number of rotatable bonds is 4. The maximum atomic E-state index is 13.6. The molecule has 2 heterocycles. The Morgan fingerprint density at radius 1 is 0.795 bits per heavy atom. The molecule has 0 aliphatic carbocycles. The molecule has 1 aliphatic rings. The first-order valence-electron chi connectivity index (χ1n) is 12.4. The second kappa shape index (κ2) is 9.22. The molecule has 1 atom stereocenters. The molecule has 204 valence electrons. The van der Waals surface area contributed by atoms with E-state index in [-0.39, 0.29) is 17.5 Å². The van der Waals surface area contributed by atoms with Gasteiger partial charge in [0.25, 0.3) is 5.82 Å². The Morgan fingerprint density at radius 3 is 1.77 bits per heavy atom. The van der Waals surface area contributed by atoms with E-state index in [4.69, 9.17) is 0 Å². The van der Waals surface area contributed by atoms with Gasteiger partial charge in [0.2, 0.25) is 6.33 Å². The fraction of sp³-hybridized carbons (Fsp3) is 0.310. The summed E-state index contributed by atoms with van der Waals surface area (Å²) in [5.74, 6) is 0.566. The molecule has 3 aromatic carbocycles. The maximum absolute atomic E-state index is 13.6. The van der Waals surface area contributed by atoms with Gasteiger partial charge in [-0.15, -0.1) is 0 Å². The first-order valence-corrected chi connectivity index (χ1v) is 12.4. The number of alkyl halides is 6. The standard InChI is InChI=1S/C29H26F6N3O/c1-17-12-18(2)26(19(3)13-17)38-16-37-24(10-11-25(37)36-38)27(39,20-6-4-8-22(14-20)28(30,31)32)21-7-5-9-23(15-21)29(33,34)35/h4-9,12-16,24,39H,10-11H2,1-3H3/q+1/t24-/m0/s1. The molecule has 1 aliphatic heterocycles. The molecular weight excluding hydrogens is 520 g/mol. The van der Waals surface area contributed by atoms with Crippen molar-refractivity contribution in [2.45, 2.75) is 57.6 Å². The number of aromatic nitrogens is 3. The van der Waals surface area contributed by atoms with E-state index < -0.39 is 35.1 Å². The van der Waals surface area contributed by atoms with Gasteiger partial charge in [-0.25, -0.2) is 4.57 Å². The van der Waals surface area contributed by atoms with E-state index in [1.807, 2.05) is 32.9 Å². The van der Waals surface area contributed by atoms with Crippen LogP contribution in [0.3, 0.4) is 0 Å². The lowest BCUT2D eigenvalue weighted by Crippen LogP contribution is -2.50. The van der Waals surface area contributed by atoms with E-state index in [0.29, 0.717) is 12.2 Å². The van der Waals surface area contributed by atoms with Crippen molar-refractivity contribution in [2.24, 2.45) is 0 Å². The van der Waals surface area contributed by atoms with Crippen molar-refractivity contribution >= 4 is 0 Å². The van der Waals surface area contributed by atoms with Crippen molar-refractivity contribution in [3.8, 4) is 5.69 Å². The number of aliphatic hydroxyl groups is 1. The Balaban J connectivity index is 1.71. The lowest BCUT2D eigenvalue weighted by Gasteiger charge is -2.34. The minimum absolute atomic E-state index is 0.155. The summed E-state index contributed by atoms with van der Waals surface area (Å²) in [6.07, 6.45) is -7.11. The van der Waals surface area contributed by atoms with E-state index in [9.17, 15) is 31.4 Å². The van der Waals surface area contributed by atoms with Gasteiger partial charge < -0.3 is 5.11 Å². The van der Waals surface area contributed by atoms with Gasteiger partial charge in [0.1, 0.15) is 17.3 Å². The molecule has 39 heavy (non-hydrogen) atoms. The average Bonchev–Trinajstić information content (AvgIpc) is 3.43. The van der Waals surface area contributed by atoms with Crippen molar-refractivity contribution in [3.05, 3.63) is 112 Å². The van der Waals surface area contributed by atoms with Crippen molar-refractivity contribution in [1.29, 1.82) is 0 Å². The summed E-state index contributed by atoms with van der Waals surface area (Å²) in [7, 11) is 0. The number of hydrogen-bond acceptors (Lipinski definition) is 2. The van der Waals surface area contributed by atoms with E-state index in [2.05, 4.69) is 5.10 Å². The first-order chi connectivity index (χ1) is 18.2. The van der Waals surface area contributed by atoms with E-state index in [0.717, 1.165) is 58.8 Å². The largest absolute Gasteiger partial charge is 0.416 e. The van der Waals surface area contributed by atoms with E-state index >= 15 is 0 Å². The molecule has 0 saturated heterocycles. The predicted molar refractivity (Wildman–Crippen MR) is 131 cm³/mol. The lowest BCUT2D eigenvalue weighted by molar-refractivity contribution is -0.731. The highest BCUT2D eigenvalue weighted by Gasteiger charge is 2.50. The Hall–Kier alpha value is -3.66. The van der Waals surface area contributed by atoms with Gasteiger partial charge in [-0.2, -0.15) is 26.3 Å². The Kier molecular flexibility index (Phi) is 6.37. The summed E-state index contributed by atoms with van der Waals surface area (Å²) in [6.45, 7) is 5.85. The zero-order valence-electron chi connectivity index (χ0n) is 21.4. The van der Waals surface area contributed by atoms with Gasteiger partial charge in [0.05, 0.1) is 11.1 Å². The molecule has 5 rings (SSSR count). The number of nitrogens with zero attached hydrogens (tertiary/aromatic N) is 3. The molecule has 4 aromatic rings. The van der Waals surface area contributed by atoms with Crippen molar-refractivity contribution in [3.63, 3.8) is 0 Å². The number of fused-ring (bicyclic) bond motifs is 1. The van der Waals surface area contributed by atoms with Gasteiger partial charge >= 0.3 is 12.4 Å². The van der Waals surface area contributed by atoms with Crippen LogP contribution in [-0.2, 0) is 24.4 Å². The van der Waals surface area contributed by atoms with Crippen molar-refractivity contribution < 1.29 is 36.0 Å². The van der Waals surface area contributed by atoms with Crippen LogP contribution in [0.1, 0.15) is 57.2 Å². The molecule has 0 unspecified atom stereocenters. The molecule has 0 spiro atoms. The Morgan fingerprint density at radius 2 is 1.28 bits per heavy atom. The molecule has 10 heteroatoms. The minimum atomic E-state index is -4.70. The number of aryl methyl sites for hydroxylation is 4. The second-order valence-electron chi connectivity index (χ2n) is 10.1. The van der Waals surface area contributed by atoms with Gasteiger partial charge in [0.15, 0.2) is 0 Å². The quantitative estimate of drug-likeness (QED) is 0.233. The van der Waals surface area contributed by atoms with Crippen LogP contribution in [-0.4, -0.2) is 14.9 Å². The Bertz CT molecular complexity index is 1470. The maximum Gasteiger partial charge on any atom is 0.416 e. The summed E-state index contributed by atoms with van der Waals surface area (Å²) >= 11 is 0. The van der Waals surface area contributed by atoms with Crippen LogP contribution >= 0.6 is 0 Å². The zero-order valence-corrected chi connectivity index (χ0v) is 21.4. The van der Waals surface area contributed by atoms with Crippen LogP contribution < -0.4 is 4.57 Å². The molecule has 1 N–H and O–H groups in total. The second-order valence-corrected chi connectivity index (χ2v) is 10.1. The summed E-state index contributed by atoms with van der Waals surface area (Å²) in [4.78, 5) is 0. The fourth-order valence-corrected chi connectivity index (χ4v) is 5.70. The monoisotopic (exact) mass is 546 g/mol. The highest BCUT2D eigenvalue weighted by molar-refractivity contribution is 5.48. The van der Waals surface area contributed by atoms with Crippen LogP contribution in [0.15, 0.2) is 67.0 Å². The predicted octanol–water partition coefficient (Wildman–Crippen LogP) is 6.55. The summed E-state index contributed by atoms with van der Waals surface area (Å²) in [5, 5.41) is 17.0. The van der Waals surface area contributed by atoms with Gasteiger partial charge in [-0.1, -0.05) is 46.6 Å². The smallest absolute Gasteiger partial charge is 0.377 e. The summed E-state index contributed by atoms with van der Waals surface area (Å²) in [6, 6.07) is 11.3. The van der Waals surface area contributed by atoms with Gasteiger partial charge in [0, 0.05) is 11.5 Å². The third-order valence-electron chi connectivity index (χ3n) is 7.34. The Labute approximate surface area is 221 Å². The zero-order chi connectivity index (χ0) is 28.3. The molecule has 0 amide bonds. The summed E-state index contributed by atoms with van der Waals surface area (Å²) in [5.41, 5.74) is -0.733. The number of benzene rings is 3. The molecule has 1 aromatic heterocycles. The topological polar surface area (TPSA) is 41.9 Å². The van der Waals surface area contributed by atoms with Gasteiger partial charge in [-0.05, 0) is 73.7 Å². The molecule has 0 bridgehead atoms. The van der Waals surface area contributed by atoms with Crippen molar-refractivity contribution in [2.75, 3.05) is 0 Å². The number of halogens is 6. The fourth-order valence-electron chi connectivity index (χ4n) is 5.70. The molecular formula is C29H26F6N3O+. The van der Waals surface area contributed by atoms with Crippen LogP contribution in [0.2, 0.25) is 0 Å².